The zero-order chi connectivity index (χ0) is 19.7. The lowest BCUT2D eigenvalue weighted by Gasteiger charge is -2.37. The van der Waals surface area contributed by atoms with Gasteiger partial charge in [-0.1, -0.05) is 12.1 Å². The van der Waals surface area contributed by atoms with E-state index >= 15 is 0 Å². The number of nitrogens with zero attached hydrogens (tertiary/aromatic N) is 4. The van der Waals surface area contributed by atoms with Gasteiger partial charge in [-0.2, -0.15) is 0 Å². The molecule has 0 amide bonds. The first-order valence-corrected chi connectivity index (χ1v) is 11.0. The normalized spacial score (nSPS) is 15.0. The molecule has 0 bridgehead atoms. The van der Waals surface area contributed by atoms with Gasteiger partial charge in [-0.15, -0.1) is 11.3 Å². The topological polar surface area (TPSA) is 56.9 Å². The summed E-state index contributed by atoms with van der Waals surface area (Å²) in [5, 5.41) is 5.67. The minimum atomic E-state index is 0.796. The Balaban J connectivity index is 1.34. The lowest BCUT2D eigenvalue weighted by molar-refractivity contribution is 0.370. The van der Waals surface area contributed by atoms with Crippen LogP contribution in [-0.2, 0) is 12.8 Å². The maximum atomic E-state index is 5.45. The number of furan rings is 1. The van der Waals surface area contributed by atoms with Crippen molar-refractivity contribution in [2.45, 2.75) is 12.8 Å². The zero-order valence-corrected chi connectivity index (χ0v) is 17.4. The summed E-state index contributed by atoms with van der Waals surface area (Å²) < 4.78 is 5.45. The molecule has 0 aromatic carbocycles. The smallest absolute Gasteiger partial charge is 0.194 e. The van der Waals surface area contributed by atoms with E-state index in [0.29, 0.717) is 0 Å². The molecule has 1 aliphatic rings. The summed E-state index contributed by atoms with van der Waals surface area (Å²) in [6, 6.07) is 14.3. The Morgan fingerprint density at radius 2 is 2.00 bits per heavy atom. The Labute approximate surface area is 175 Å². The van der Waals surface area contributed by atoms with Crippen LogP contribution >= 0.6 is 11.3 Å². The van der Waals surface area contributed by atoms with Gasteiger partial charge in [0.2, 0.25) is 0 Å². The highest BCUT2D eigenvalue weighted by Crippen LogP contribution is 2.13. The van der Waals surface area contributed by atoms with Crippen molar-refractivity contribution < 1.29 is 4.42 Å². The van der Waals surface area contributed by atoms with Crippen LogP contribution in [0.15, 0.2) is 69.7 Å². The van der Waals surface area contributed by atoms with E-state index in [1.165, 1.54) is 4.88 Å². The number of aromatic nitrogens is 1. The van der Waals surface area contributed by atoms with Crippen molar-refractivity contribution in [3.05, 3.63) is 70.9 Å². The Morgan fingerprint density at radius 1 is 1.07 bits per heavy atom. The number of piperazine rings is 1. The van der Waals surface area contributed by atoms with Gasteiger partial charge in [0.15, 0.2) is 5.96 Å². The summed E-state index contributed by atoms with van der Waals surface area (Å²) in [6.45, 7) is 5.36. The quantitative estimate of drug-likeness (QED) is 0.479. The molecule has 0 aliphatic carbocycles. The second-order valence-corrected chi connectivity index (χ2v) is 7.99. The molecule has 3 aromatic heterocycles. The number of hydrogen-bond donors (Lipinski definition) is 1. The van der Waals surface area contributed by atoms with E-state index in [4.69, 9.17) is 9.41 Å². The van der Waals surface area contributed by atoms with Gasteiger partial charge in [0.05, 0.1) is 6.26 Å². The fourth-order valence-corrected chi connectivity index (χ4v) is 4.13. The molecular formula is C22H27N5OS. The van der Waals surface area contributed by atoms with Crippen molar-refractivity contribution in [1.82, 2.24) is 15.2 Å². The molecule has 0 radical (unpaired) electrons. The second kappa shape index (κ2) is 10.1. The highest BCUT2D eigenvalue weighted by molar-refractivity contribution is 7.09. The predicted octanol–water partition coefficient (Wildman–Crippen LogP) is 3.29. The summed E-state index contributed by atoms with van der Waals surface area (Å²) in [5.41, 5.74) is 0. The van der Waals surface area contributed by atoms with Crippen LogP contribution in [0.2, 0.25) is 0 Å². The zero-order valence-electron chi connectivity index (χ0n) is 16.5. The summed E-state index contributed by atoms with van der Waals surface area (Å²) >= 11 is 1.79. The molecule has 0 saturated carbocycles. The molecule has 1 aliphatic heterocycles. The molecule has 0 unspecified atom stereocenters. The minimum absolute atomic E-state index is 0.796. The van der Waals surface area contributed by atoms with Crippen LogP contribution in [0.1, 0.15) is 10.6 Å². The van der Waals surface area contributed by atoms with E-state index in [2.05, 4.69) is 43.7 Å². The summed E-state index contributed by atoms with van der Waals surface area (Å²) in [7, 11) is 0. The average Bonchev–Trinajstić information content (AvgIpc) is 3.48. The van der Waals surface area contributed by atoms with Crippen LogP contribution < -0.4 is 10.2 Å². The van der Waals surface area contributed by atoms with E-state index < -0.39 is 0 Å². The number of thiophene rings is 1. The van der Waals surface area contributed by atoms with Crippen molar-refractivity contribution in [2.75, 3.05) is 44.2 Å². The lowest BCUT2D eigenvalue weighted by atomic mass is 10.3. The summed E-state index contributed by atoms with van der Waals surface area (Å²) in [6.07, 6.45) is 5.41. The van der Waals surface area contributed by atoms with Gasteiger partial charge in [-0.25, -0.2) is 4.98 Å². The molecule has 0 atom stereocenters. The Bertz CT molecular complexity index is 856. The second-order valence-electron chi connectivity index (χ2n) is 6.95. The average molecular weight is 410 g/mol. The third kappa shape index (κ3) is 5.60. The van der Waals surface area contributed by atoms with E-state index in [1.54, 1.807) is 17.6 Å². The van der Waals surface area contributed by atoms with Crippen molar-refractivity contribution in [2.24, 2.45) is 4.99 Å². The number of guanidine groups is 1. The maximum Gasteiger partial charge on any atom is 0.194 e. The van der Waals surface area contributed by atoms with Gasteiger partial charge >= 0.3 is 0 Å². The number of pyridine rings is 1. The monoisotopic (exact) mass is 409 g/mol. The van der Waals surface area contributed by atoms with Gasteiger partial charge in [0, 0.05) is 63.2 Å². The molecule has 7 heteroatoms. The van der Waals surface area contributed by atoms with Crippen molar-refractivity contribution >= 4 is 23.1 Å². The van der Waals surface area contributed by atoms with Crippen LogP contribution in [-0.4, -0.2) is 55.1 Å². The molecule has 152 valence electrons. The third-order valence-electron chi connectivity index (χ3n) is 4.99. The molecule has 6 nitrogen and oxygen atoms in total. The van der Waals surface area contributed by atoms with Crippen LogP contribution in [0.25, 0.3) is 0 Å². The fraction of sp³-hybridized carbons (Fsp3) is 0.364. The number of rotatable bonds is 7. The molecular weight excluding hydrogens is 382 g/mol. The van der Waals surface area contributed by atoms with Crippen molar-refractivity contribution in [3.8, 4) is 0 Å². The van der Waals surface area contributed by atoms with Gasteiger partial charge in [-0.05, 0) is 35.7 Å². The summed E-state index contributed by atoms with van der Waals surface area (Å²) in [4.78, 5) is 15.5. The first kappa shape index (κ1) is 19.5. The largest absolute Gasteiger partial charge is 0.469 e. The Kier molecular flexibility index (Phi) is 6.81. The lowest BCUT2D eigenvalue weighted by Crippen LogP contribution is -2.53. The molecule has 3 aromatic rings. The van der Waals surface area contributed by atoms with Crippen LogP contribution in [0.3, 0.4) is 0 Å². The molecule has 1 fully saturated rings. The molecule has 29 heavy (non-hydrogen) atoms. The highest BCUT2D eigenvalue weighted by atomic mass is 32.1. The van der Waals surface area contributed by atoms with Gasteiger partial charge < -0.3 is 19.5 Å². The fourth-order valence-electron chi connectivity index (χ4n) is 3.44. The SMILES string of the molecule is c1ccc(N2CCN(C(=NCCc3cccs3)NCCc3ccco3)CC2)nc1. The van der Waals surface area contributed by atoms with E-state index in [0.717, 1.165) is 69.6 Å². The van der Waals surface area contributed by atoms with E-state index in [-0.39, 0.29) is 0 Å². The number of anilines is 1. The highest BCUT2D eigenvalue weighted by Gasteiger charge is 2.20. The van der Waals surface area contributed by atoms with E-state index in [1.807, 2.05) is 30.5 Å². The van der Waals surface area contributed by atoms with Crippen molar-refractivity contribution in [1.29, 1.82) is 0 Å². The molecule has 1 N–H and O–H groups in total. The number of aliphatic imine (C=N–C) groups is 1. The standard InChI is InChI=1S/C22H27N5OS/c1-2-10-23-21(7-1)26-13-15-27(16-14-26)22(24-11-8-19-5-3-17-28-19)25-12-9-20-6-4-18-29-20/h1-7,10,17-18H,8-9,11-16H2,(H,24,25). The predicted molar refractivity (Wildman–Crippen MR) is 119 cm³/mol. The number of nitrogens with one attached hydrogen (secondary N) is 1. The Morgan fingerprint density at radius 3 is 2.72 bits per heavy atom. The molecule has 1 saturated heterocycles. The van der Waals surface area contributed by atoms with Crippen LogP contribution in [0.5, 0.6) is 0 Å². The van der Waals surface area contributed by atoms with Gasteiger partial charge in [0.1, 0.15) is 11.6 Å². The first-order valence-electron chi connectivity index (χ1n) is 10.1. The minimum Gasteiger partial charge on any atom is -0.469 e. The third-order valence-corrected chi connectivity index (χ3v) is 5.92. The first-order chi connectivity index (χ1) is 14.4. The maximum absolute atomic E-state index is 5.45. The molecule has 4 rings (SSSR count). The summed E-state index contributed by atoms with van der Waals surface area (Å²) in [5.74, 6) is 3.04. The van der Waals surface area contributed by atoms with Gasteiger partial charge in [-0.3, -0.25) is 4.99 Å². The van der Waals surface area contributed by atoms with E-state index in [9.17, 15) is 0 Å². The molecule has 4 heterocycles. The van der Waals surface area contributed by atoms with Crippen LogP contribution in [0, 0.1) is 0 Å². The Hall–Kier alpha value is -2.80. The molecule has 0 spiro atoms. The van der Waals surface area contributed by atoms with Gasteiger partial charge in [0.25, 0.3) is 0 Å². The van der Waals surface area contributed by atoms with Crippen molar-refractivity contribution in [3.63, 3.8) is 0 Å². The number of hydrogen-bond acceptors (Lipinski definition) is 5. The van der Waals surface area contributed by atoms with Crippen LogP contribution in [0.4, 0.5) is 5.82 Å².